The minimum Gasteiger partial charge on any atom is -0.354 e. The lowest BCUT2D eigenvalue weighted by Crippen LogP contribution is -2.34. The van der Waals surface area contributed by atoms with Gasteiger partial charge in [-0.2, -0.15) is 0 Å². The Morgan fingerprint density at radius 3 is 2.83 bits per heavy atom. The molecule has 1 aliphatic carbocycles. The molecule has 0 fully saturated rings. The Bertz CT molecular complexity index is 1010. The van der Waals surface area contributed by atoms with Crippen LogP contribution in [-0.2, 0) is 9.59 Å². The second-order valence-corrected chi connectivity index (χ2v) is 8.05. The average molecular weight is 402 g/mol. The van der Waals surface area contributed by atoms with Crippen molar-refractivity contribution < 1.29 is 9.59 Å². The summed E-state index contributed by atoms with van der Waals surface area (Å²) in [5.74, 6) is 0.132. The third-order valence-electron chi connectivity index (χ3n) is 5.85. The molecule has 0 saturated heterocycles. The van der Waals surface area contributed by atoms with E-state index >= 15 is 0 Å². The number of fused-ring (bicyclic) bond motifs is 1. The third-order valence-corrected chi connectivity index (χ3v) is 5.85. The first-order chi connectivity index (χ1) is 14.5. The van der Waals surface area contributed by atoms with Crippen molar-refractivity contribution in [1.29, 1.82) is 0 Å². The standard InChI is InChI=1S/C25H27N3O2/c1-18-15-19(12-14-27(18)2)16-25(30)28-13-6-5-7-20-17-21(29)10-11-22(20)26-23-8-3-4-9-24(23)28/h3-13,18,26H,14-17H2,1-2H3/b7-5-,13-6+. The molecule has 1 unspecified atom stereocenters. The van der Waals surface area contributed by atoms with Gasteiger partial charge in [-0.1, -0.05) is 35.9 Å². The summed E-state index contributed by atoms with van der Waals surface area (Å²) in [6.07, 6.45) is 14.8. The zero-order chi connectivity index (χ0) is 21.1. The maximum Gasteiger partial charge on any atom is 0.235 e. The van der Waals surface area contributed by atoms with E-state index in [1.54, 1.807) is 11.0 Å². The molecule has 0 radical (unpaired) electrons. The Labute approximate surface area is 177 Å². The smallest absolute Gasteiger partial charge is 0.235 e. The highest BCUT2D eigenvalue weighted by Gasteiger charge is 2.23. The lowest BCUT2D eigenvalue weighted by molar-refractivity contribution is -0.117. The Morgan fingerprint density at radius 1 is 1.17 bits per heavy atom. The topological polar surface area (TPSA) is 52.7 Å². The molecule has 0 spiro atoms. The molecule has 0 aromatic heterocycles. The maximum absolute atomic E-state index is 13.3. The van der Waals surface area contributed by atoms with Crippen LogP contribution in [0.1, 0.15) is 26.2 Å². The molecule has 1 aromatic carbocycles. The number of anilines is 2. The van der Waals surface area contributed by atoms with E-state index in [0.29, 0.717) is 18.9 Å². The molecular weight excluding hydrogens is 374 g/mol. The van der Waals surface area contributed by atoms with Crippen LogP contribution >= 0.6 is 0 Å². The molecule has 2 heterocycles. The van der Waals surface area contributed by atoms with Crippen molar-refractivity contribution in [3.63, 3.8) is 0 Å². The second kappa shape index (κ2) is 8.67. The van der Waals surface area contributed by atoms with Gasteiger partial charge in [0.15, 0.2) is 5.78 Å². The lowest BCUT2D eigenvalue weighted by atomic mass is 9.98. The van der Waals surface area contributed by atoms with Crippen molar-refractivity contribution >= 4 is 23.1 Å². The molecule has 5 nitrogen and oxygen atoms in total. The van der Waals surface area contributed by atoms with Crippen LogP contribution in [0, 0.1) is 0 Å². The fraction of sp³-hybridized carbons (Fsp3) is 0.280. The van der Waals surface area contributed by atoms with E-state index in [4.69, 9.17) is 0 Å². The van der Waals surface area contributed by atoms with Gasteiger partial charge >= 0.3 is 0 Å². The maximum atomic E-state index is 13.3. The van der Waals surface area contributed by atoms with Gasteiger partial charge < -0.3 is 5.32 Å². The molecule has 1 aromatic rings. The number of allylic oxidation sites excluding steroid dienone is 6. The number of carbonyl (C=O) groups excluding carboxylic acids is 2. The van der Waals surface area contributed by atoms with Gasteiger partial charge in [-0.15, -0.1) is 0 Å². The zero-order valence-corrected chi connectivity index (χ0v) is 17.5. The summed E-state index contributed by atoms with van der Waals surface area (Å²) in [6, 6.07) is 8.22. The monoisotopic (exact) mass is 401 g/mol. The number of benzene rings is 1. The van der Waals surface area contributed by atoms with E-state index in [1.165, 1.54) is 5.57 Å². The van der Waals surface area contributed by atoms with Crippen LogP contribution in [-0.4, -0.2) is 36.2 Å². The number of carbonyl (C=O) groups is 2. The number of nitrogens with one attached hydrogen (secondary N) is 1. The Balaban J connectivity index is 1.64. The summed E-state index contributed by atoms with van der Waals surface area (Å²) in [5, 5.41) is 3.43. The number of para-hydroxylation sites is 2. The van der Waals surface area contributed by atoms with E-state index in [0.717, 1.165) is 35.6 Å². The number of nitrogens with zero attached hydrogens (tertiary/aromatic N) is 2. The highest BCUT2D eigenvalue weighted by Crippen LogP contribution is 2.32. The first-order valence-electron chi connectivity index (χ1n) is 10.4. The van der Waals surface area contributed by atoms with Gasteiger partial charge in [0.05, 0.1) is 11.4 Å². The molecule has 30 heavy (non-hydrogen) atoms. The predicted octanol–water partition coefficient (Wildman–Crippen LogP) is 4.34. The highest BCUT2D eigenvalue weighted by atomic mass is 16.2. The molecule has 4 rings (SSSR count). The molecule has 1 N–H and O–H groups in total. The summed E-state index contributed by atoms with van der Waals surface area (Å²) in [6.45, 7) is 3.07. The van der Waals surface area contributed by atoms with Crippen LogP contribution in [0.25, 0.3) is 0 Å². The van der Waals surface area contributed by atoms with Gasteiger partial charge in [0.1, 0.15) is 0 Å². The lowest BCUT2D eigenvalue weighted by Gasteiger charge is -2.30. The van der Waals surface area contributed by atoms with Gasteiger partial charge in [0.25, 0.3) is 0 Å². The second-order valence-electron chi connectivity index (χ2n) is 8.05. The molecule has 2 aliphatic heterocycles. The van der Waals surface area contributed by atoms with Crippen LogP contribution < -0.4 is 10.2 Å². The van der Waals surface area contributed by atoms with Gasteiger partial charge in [-0.05, 0) is 56.3 Å². The van der Waals surface area contributed by atoms with Gasteiger partial charge in [-0.25, -0.2) is 0 Å². The van der Waals surface area contributed by atoms with Gasteiger partial charge in [0, 0.05) is 37.3 Å². The number of hydrogen-bond donors (Lipinski definition) is 1. The summed E-state index contributed by atoms with van der Waals surface area (Å²) < 4.78 is 0. The van der Waals surface area contributed by atoms with Crippen LogP contribution in [0.2, 0.25) is 0 Å². The molecule has 0 bridgehead atoms. The van der Waals surface area contributed by atoms with Crippen molar-refractivity contribution in [3.8, 4) is 0 Å². The molecular formula is C25H27N3O2. The number of amides is 1. The Morgan fingerprint density at radius 2 is 2.00 bits per heavy atom. The summed E-state index contributed by atoms with van der Waals surface area (Å²) in [5.41, 5.74) is 4.65. The molecule has 5 heteroatoms. The zero-order valence-electron chi connectivity index (χ0n) is 17.5. The van der Waals surface area contributed by atoms with E-state index in [2.05, 4.69) is 30.3 Å². The molecule has 3 aliphatic rings. The minimum absolute atomic E-state index is 0.0426. The van der Waals surface area contributed by atoms with E-state index in [-0.39, 0.29) is 11.7 Å². The van der Waals surface area contributed by atoms with Gasteiger partial charge in [0.2, 0.25) is 5.91 Å². The van der Waals surface area contributed by atoms with Crippen LogP contribution in [0.4, 0.5) is 11.4 Å². The highest BCUT2D eigenvalue weighted by molar-refractivity contribution is 6.00. The molecule has 1 amide bonds. The molecule has 154 valence electrons. The summed E-state index contributed by atoms with van der Waals surface area (Å²) in [4.78, 5) is 29.1. The van der Waals surface area contributed by atoms with Crippen molar-refractivity contribution in [2.75, 3.05) is 23.8 Å². The van der Waals surface area contributed by atoms with Crippen molar-refractivity contribution in [3.05, 3.63) is 83.8 Å². The number of rotatable bonds is 2. The van der Waals surface area contributed by atoms with E-state index in [1.807, 2.05) is 54.8 Å². The number of likely N-dealkylation sites (N-methyl/N-ethyl adjacent to an activating group) is 1. The first-order valence-corrected chi connectivity index (χ1v) is 10.4. The van der Waals surface area contributed by atoms with Crippen molar-refractivity contribution in [2.24, 2.45) is 0 Å². The Hall–Kier alpha value is -3.18. The number of ketones is 1. The quantitative estimate of drug-likeness (QED) is 0.749. The van der Waals surface area contributed by atoms with E-state index in [9.17, 15) is 9.59 Å². The van der Waals surface area contributed by atoms with Crippen LogP contribution in [0.3, 0.4) is 0 Å². The fourth-order valence-corrected chi connectivity index (χ4v) is 3.93. The fourth-order valence-electron chi connectivity index (χ4n) is 3.93. The number of hydrogen-bond acceptors (Lipinski definition) is 4. The van der Waals surface area contributed by atoms with Crippen molar-refractivity contribution in [2.45, 2.75) is 32.2 Å². The molecule has 1 atom stereocenters. The predicted molar refractivity (Wildman–Crippen MR) is 121 cm³/mol. The van der Waals surface area contributed by atoms with Crippen LogP contribution in [0.15, 0.2) is 83.8 Å². The first kappa shape index (κ1) is 20.1. The minimum atomic E-state index is 0.0426. The van der Waals surface area contributed by atoms with Crippen molar-refractivity contribution in [1.82, 2.24) is 4.90 Å². The largest absolute Gasteiger partial charge is 0.354 e. The molecule has 0 saturated carbocycles. The average Bonchev–Trinajstić information content (AvgIpc) is 2.73. The van der Waals surface area contributed by atoms with E-state index < -0.39 is 0 Å². The normalized spacial score (nSPS) is 23.8. The summed E-state index contributed by atoms with van der Waals surface area (Å²) in [7, 11) is 2.11. The van der Waals surface area contributed by atoms with Crippen LogP contribution in [0.5, 0.6) is 0 Å². The van der Waals surface area contributed by atoms with Gasteiger partial charge in [-0.3, -0.25) is 19.4 Å². The third kappa shape index (κ3) is 4.36. The Kier molecular flexibility index (Phi) is 5.81. The summed E-state index contributed by atoms with van der Waals surface area (Å²) >= 11 is 0. The SMILES string of the molecule is CC1CC(CC(=O)N2/C=C/C=C\C3=C(C=CC(=O)C3)Nc3ccccc32)=CCN1C.